The molecule has 0 aliphatic carbocycles. The van der Waals surface area contributed by atoms with Gasteiger partial charge >= 0.3 is 5.97 Å². The van der Waals surface area contributed by atoms with Gasteiger partial charge in [0.15, 0.2) is 0 Å². The SMILES string of the molecule is Cc1ccc(C(CCOc2ccc(C)c(C)c2)C(=O)O)cc1. The van der Waals surface area contributed by atoms with Gasteiger partial charge in [0.05, 0.1) is 12.5 Å². The van der Waals surface area contributed by atoms with Crippen LogP contribution in [-0.4, -0.2) is 17.7 Å². The molecule has 0 aromatic heterocycles. The monoisotopic (exact) mass is 298 g/mol. The van der Waals surface area contributed by atoms with Crippen LogP contribution in [0.4, 0.5) is 0 Å². The van der Waals surface area contributed by atoms with Crippen molar-refractivity contribution in [2.45, 2.75) is 33.1 Å². The Hall–Kier alpha value is -2.29. The molecule has 2 rings (SSSR count). The summed E-state index contributed by atoms with van der Waals surface area (Å²) in [4.78, 5) is 11.5. The molecule has 0 amide bonds. The zero-order valence-electron chi connectivity index (χ0n) is 13.3. The Kier molecular flexibility index (Phi) is 5.21. The molecule has 0 fully saturated rings. The van der Waals surface area contributed by atoms with Crippen LogP contribution in [0.25, 0.3) is 0 Å². The molecule has 3 heteroatoms. The number of hydrogen-bond acceptors (Lipinski definition) is 2. The largest absolute Gasteiger partial charge is 0.494 e. The fourth-order valence-corrected chi connectivity index (χ4v) is 2.33. The molecule has 0 saturated carbocycles. The average molecular weight is 298 g/mol. The van der Waals surface area contributed by atoms with E-state index < -0.39 is 11.9 Å². The highest BCUT2D eigenvalue weighted by Crippen LogP contribution is 2.22. The number of hydrogen-bond donors (Lipinski definition) is 1. The second-order valence-electron chi connectivity index (χ2n) is 5.68. The third-order valence-corrected chi connectivity index (χ3v) is 3.93. The summed E-state index contributed by atoms with van der Waals surface area (Å²) in [6.45, 7) is 6.46. The lowest BCUT2D eigenvalue weighted by atomic mass is 9.95. The zero-order chi connectivity index (χ0) is 16.1. The number of benzene rings is 2. The Balaban J connectivity index is 1.99. The normalized spacial score (nSPS) is 12.0. The number of carboxylic acids is 1. The van der Waals surface area contributed by atoms with Gasteiger partial charge in [-0.2, -0.15) is 0 Å². The smallest absolute Gasteiger partial charge is 0.311 e. The predicted octanol–water partition coefficient (Wildman–Crippen LogP) is 4.25. The van der Waals surface area contributed by atoms with Crippen molar-refractivity contribution in [1.82, 2.24) is 0 Å². The molecule has 0 radical (unpaired) electrons. The molecule has 1 unspecified atom stereocenters. The fraction of sp³-hybridized carbons (Fsp3) is 0.316. The first-order chi connectivity index (χ1) is 10.5. The quantitative estimate of drug-likeness (QED) is 0.867. The average Bonchev–Trinajstić information content (AvgIpc) is 2.48. The van der Waals surface area contributed by atoms with Gasteiger partial charge in [-0.25, -0.2) is 0 Å². The molecule has 0 aliphatic heterocycles. The Morgan fingerprint density at radius 3 is 2.32 bits per heavy atom. The van der Waals surface area contributed by atoms with E-state index in [0.29, 0.717) is 13.0 Å². The molecular formula is C19H22O3. The van der Waals surface area contributed by atoms with E-state index in [1.807, 2.05) is 56.3 Å². The summed E-state index contributed by atoms with van der Waals surface area (Å²) < 4.78 is 5.70. The topological polar surface area (TPSA) is 46.5 Å². The maximum absolute atomic E-state index is 11.5. The van der Waals surface area contributed by atoms with Gasteiger partial charge in [0, 0.05) is 0 Å². The maximum Gasteiger partial charge on any atom is 0.311 e. The van der Waals surface area contributed by atoms with Crippen molar-refractivity contribution >= 4 is 5.97 Å². The third-order valence-electron chi connectivity index (χ3n) is 3.93. The van der Waals surface area contributed by atoms with Crippen LogP contribution >= 0.6 is 0 Å². The van der Waals surface area contributed by atoms with E-state index in [9.17, 15) is 9.90 Å². The number of carboxylic acid groups (broad SMARTS) is 1. The summed E-state index contributed by atoms with van der Waals surface area (Å²) in [6.07, 6.45) is 0.450. The van der Waals surface area contributed by atoms with E-state index in [2.05, 4.69) is 6.92 Å². The first kappa shape index (κ1) is 16.1. The fourth-order valence-electron chi connectivity index (χ4n) is 2.33. The van der Waals surface area contributed by atoms with Gasteiger partial charge in [-0.05, 0) is 56.0 Å². The van der Waals surface area contributed by atoms with Gasteiger partial charge in [-0.3, -0.25) is 4.79 Å². The van der Waals surface area contributed by atoms with E-state index >= 15 is 0 Å². The van der Waals surface area contributed by atoms with Crippen molar-refractivity contribution in [1.29, 1.82) is 0 Å². The molecule has 3 nitrogen and oxygen atoms in total. The minimum absolute atomic E-state index is 0.382. The van der Waals surface area contributed by atoms with E-state index in [-0.39, 0.29) is 0 Å². The van der Waals surface area contributed by atoms with Crippen molar-refractivity contribution in [2.24, 2.45) is 0 Å². The van der Waals surface area contributed by atoms with E-state index in [0.717, 1.165) is 16.9 Å². The van der Waals surface area contributed by atoms with E-state index in [1.54, 1.807) is 0 Å². The first-order valence-electron chi connectivity index (χ1n) is 7.47. The van der Waals surface area contributed by atoms with Gasteiger partial charge in [0.1, 0.15) is 5.75 Å². The highest BCUT2D eigenvalue weighted by atomic mass is 16.5. The second kappa shape index (κ2) is 7.12. The molecular weight excluding hydrogens is 276 g/mol. The van der Waals surface area contributed by atoms with Crippen LogP contribution in [-0.2, 0) is 4.79 Å². The lowest BCUT2D eigenvalue weighted by Crippen LogP contribution is -2.15. The van der Waals surface area contributed by atoms with E-state index in [1.165, 1.54) is 11.1 Å². The molecule has 0 spiro atoms. The minimum atomic E-state index is -0.812. The van der Waals surface area contributed by atoms with E-state index in [4.69, 9.17) is 4.74 Å². The first-order valence-corrected chi connectivity index (χ1v) is 7.47. The molecule has 0 saturated heterocycles. The lowest BCUT2D eigenvalue weighted by molar-refractivity contribution is -0.139. The molecule has 0 bridgehead atoms. The van der Waals surface area contributed by atoms with Gasteiger partial charge < -0.3 is 9.84 Å². The Morgan fingerprint density at radius 2 is 1.73 bits per heavy atom. The zero-order valence-corrected chi connectivity index (χ0v) is 13.3. The van der Waals surface area contributed by atoms with Gasteiger partial charge in [-0.1, -0.05) is 35.9 Å². The van der Waals surface area contributed by atoms with Gasteiger partial charge in [-0.15, -0.1) is 0 Å². The third kappa shape index (κ3) is 4.10. The Bertz CT molecular complexity index is 644. The van der Waals surface area contributed by atoms with Crippen molar-refractivity contribution in [3.8, 4) is 5.75 Å². The molecule has 116 valence electrons. The van der Waals surface area contributed by atoms with Crippen molar-refractivity contribution in [2.75, 3.05) is 6.61 Å². The van der Waals surface area contributed by atoms with Crippen LogP contribution in [0.1, 0.15) is 34.6 Å². The van der Waals surface area contributed by atoms with Gasteiger partial charge in [0.25, 0.3) is 0 Å². The highest BCUT2D eigenvalue weighted by molar-refractivity contribution is 5.76. The van der Waals surface area contributed by atoms with Crippen LogP contribution in [0.15, 0.2) is 42.5 Å². The number of carbonyl (C=O) groups is 1. The molecule has 2 aromatic rings. The van der Waals surface area contributed by atoms with Crippen LogP contribution in [0.3, 0.4) is 0 Å². The molecule has 0 heterocycles. The summed E-state index contributed by atoms with van der Waals surface area (Å²) in [6, 6.07) is 13.6. The minimum Gasteiger partial charge on any atom is -0.494 e. The summed E-state index contributed by atoms with van der Waals surface area (Å²) in [5.74, 6) is -0.559. The standard InChI is InChI=1S/C19H22O3/c1-13-4-7-16(8-5-13)18(19(20)21)10-11-22-17-9-6-14(2)15(3)12-17/h4-9,12,18H,10-11H2,1-3H3,(H,20,21). The number of ether oxygens (including phenoxy) is 1. The lowest BCUT2D eigenvalue weighted by Gasteiger charge is -2.14. The molecule has 2 aromatic carbocycles. The summed E-state index contributed by atoms with van der Waals surface area (Å²) in [7, 11) is 0. The molecule has 22 heavy (non-hydrogen) atoms. The Labute approximate surface area is 131 Å². The summed E-state index contributed by atoms with van der Waals surface area (Å²) in [5.41, 5.74) is 4.34. The molecule has 0 aliphatic rings. The Morgan fingerprint density at radius 1 is 1.05 bits per heavy atom. The number of rotatable bonds is 6. The number of aryl methyl sites for hydroxylation is 3. The van der Waals surface area contributed by atoms with Crippen LogP contribution in [0.5, 0.6) is 5.75 Å². The summed E-state index contributed by atoms with van der Waals surface area (Å²) in [5, 5.41) is 9.42. The molecule has 1 N–H and O–H groups in total. The highest BCUT2D eigenvalue weighted by Gasteiger charge is 2.19. The van der Waals surface area contributed by atoms with Crippen LogP contribution in [0.2, 0.25) is 0 Å². The maximum atomic E-state index is 11.5. The predicted molar refractivity (Wildman–Crippen MR) is 87.6 cm³/mol. The van der Waals surface area contributed by atoms with Gasteiger partial charge in [0.2, 0.25) is 0 Å². The molecule has 1 atom stereocenters. The summed E-state index contributed by atoms with van der Waals surface area (Å²) >= 11 is 0. The van der Waals surface area contributed by atoms with Crippen LogP contribution < -0.4 is 4.74 Å². The second-order valence-corrected chi connectivity index (χ2v) is 5.68. The van der Waals surface area contributed by atoms with Crippen molar-refractivity contribution < 1.29 is 14.6 Å². The number of aliphatic carboxylic acids is 1. The van der Waals surface area contributed by atoms with Crippen LogP contribution in [0, 0.1) is 20.8 Å². The van der Waals surface area contributed by atoms with Crippen molar-refractivity contribution in [3.63, 3.8) is 0 Å². The van der Waals surface area contributed by atoms with Crippen molar-refractivity contribution in [3.05, 3.63) is 64.7 Å².